The summed E-state index contributed by atoms with van der Waals surface area (Å²) < 4.78 is 17.8. The molecule has 0 saturated carbocycles. The van der Waals surface area contributed by atoms with Gasteiger partial charge in [0.1, 0.15) is 11.2 Å². The smallest absolute Gasteiger partial charge is 0.410 e. The topological polar surface area (TPSA) is 145 Å². The predicted molar refractivity (Wildman–Crippen MR) is 221 cm³/mol. The molecule has 3 aromatic heterocycles. The molecule has 2 aliphatic rings. The zero-order valence-corrected chi connectivity index (χ0v) is 34.4. The van der Waals surface area contributed by atoms with Crippen molar-refractivity contribution in [2.24, 2.45) is 5.92 Å². The van der Waals surface area contributed by atoms with Crippen LogP contribution < -0.4 is 15.6 Å². The van der Waals surface area contributed by atoms with Gasteiger partial charge < -0.3 is 24.4 Å². The maximum absolute atomic E-state index is 13.3. The lowest BCUT2D eigenvalue weighted by Gasteiger charge is -2.36. The van der Waals surface area contributed by atoms with E-state index in [0.29, 0.717) is 87.7 Å². The summed E-state index contributed by atoms with van der Waals surface area (Å²) in [5.74, 6) is -0.139. The largest absolute Gasteiger partial charge is 0.481 e. The summed E-state index contributed by atoms with van der Waals surface area (Å²) in [6.45, 7) is 7.36. The van der Waals surface area contributed by atoms with Crippen molar-refractivity contribution in [3.63, 3.8) is 0 Å². The molecule has 2 fully saturated rings. The molecule has 0 spiro atoms. The lowest BCUT2D eigenvalue weighted by molar-refractivity contribution is -0.151. The summed E-state index contributed by atoms with van der Waals surface area (Å²) in [5, 5.41) is 3.81. The summed E-state index contributed by atoms with van der Waals surface area (Å²) in [6.07, 6.45) is 2.20. The molecular weight excluding hydrogens is 783 g/mol. The fourth-order valence-corrected chi connectivity index (χ4v) is 7.94. The third kappa shape index (κ3) is 8.81. The van der Waals surface area contributed by atoms with Crippen LogP contribution in [0.1, 0.15) is 44.9 Å². The number of hydrogen-bond donors (Lipinski definition) is 1. The first kappa shape index (κ1) is 40.7. The number of halogens is 2. The molecule has 302 valence electrons. The Bertz CT molecular complexity index is 2460. The number of carbonyl (C=O) groups excluding carboxylic acids is 3. The van der Waals surface area contributed by atoms with Crippen LogP contribution in [0.25, 0.3) is 39.2 Å². The molecule has 2 saturated heterocycles. The second-order valence-electron chi connectivity index (χ2n) is 15.5. The van der Waals surface area contributed by atoms with E-state index in [-0.39, 0.29) is 42.5 Å². The van der Waals surface area contributed by atoms with Gasteiger partial charge in [0.05, 0.1) is 48.1 Å². The molecule has 1 atom stereocenters. The number of nitrogens with one attached hydrogen (secondary N) is 1. The van der Waals surface area contributed by atoms with Crippen molar-refractivity contribution in [1.29, 1.82) is 0 Å². The number of likely N-dealkylation sites (tertiary alicyclic amines) is 1. The first-order valence-electron chi connectivity index (χ1n) is 18.9. The number of esters is 1. The quantitative estimate of drug-likeness (QED) is 0.138. The SMILES string of the molecule is COC(=O)C1CN(Cc2cc(=O)n3ccc(-c4cccc(-c5cccc(-c6ccc(CN(CC7CCC(=O)N7)C(=O)OC(C)(C)C)c(OC)n6)c5Cl)c4Cl)cc3n2)C1. The zero-order chi connectivity index (χ0) is 41.3. The van der Waals surface area contributed by atoms with Crippen molar-refractivity contribution in [2.75, 3.05) is 33.9 Å². The van der Waals surface area contributed by atoms with Crippen molar-refractivity contribution in [2.45, 2.75) is 58.3 Å². The standard InChI is InChI=1S/C43H44Cl2N6O7/c1-43(2,3)58-42(55)50(24-28-13-15-36(52)47-28)22-26-12-14-34(48-40(26)56-4)33-11-7-10-32(39(33)45)31-9-6-8-30(38(31)44)25-16-17-51-35(18-25)46-29(19-37(51)53)23-49-20-27(21-49)41(54)57-5/h6-12,14,16-19,27-28H,13,15,20-24H2,1-5H3,(H,47,52). The lowest BCUT2D eigenvalue weighted by Crippen LogP contribution is -2.50. The maximum atomic E-state index is 13.3. The highest BCUT2D eigenvalue weighted by atomic mass is 35.5. The number of pyridine rings is 2. The van der Waals surface area contributed by atoms with Crippen LogP contribution in [0.4, 0.5) is 4.79 Å². The fourth-order valence-electron chi connectivity index (χ4n) is 7.28. The number of carbonyl (C=O) groups is 3. The van der Waals surface area contributed by atoms with Crippen molar-refractivity contribution >= 4 is 46.8 Å². The molecule has 5 heterocycles. The molecule has 2 aromatic carbocycles. The van der Waals surface area contributed by atoms with E-state index in [9.17, 15) is 19.2 Å². The molecule has 5 aromatic rings. The second-order valence-corrected chi connectivity index (χ2v) is 16.3. The second kappa shape index (κ2) is 16.8. The van der Waals surface area contributed by atoms with E-state index < -0.39 is 11.7 Å². The Morgan fingerprint density at radius 1 is 0.914 bits per heavy atom. The van der Waals surface area contributed by atoms with Crippen LogP contribution in [0.5, 0.6) is 5.88 Å². The summed E-state index contributed by atoms with van der Waals surface area (Å²) in [4.78, 5) is 63.3. The summed E-state index contributed by atoms with van der Waals surface area (Å²) in [6, 6.07) is 19.9. The molecule has 0 aliphatic carbocycles. The monoisotopic (exact) mass is 826 g/mol. The minimum atomic E-state index is -0.712. The first-order chi connectivity index (χ1) is 27.7. The molecule has 2 amide bonds. The molecule has 13 nitrogen and oxygen atoms in total. The van der Waals surface area contributed by atoms with Gasteiger partial charge in [0.2, 0.25) is 11.8 Å². The van der Waals surface area contributed by atoms with Crippen LogP contribution in [0.2, 0.25) is 10.0 Å². The third-order valence-corrected chi connectivity index (χ3v) is 11.0. The minimum absolute atomic E-state index is 0.0421. The number of methoxy groups -OCH3 is 2. The molecule has 1 unspecified atom stereocenters. The normalized spacial score (nSPS) is 15.8. The van der Waals surface area contributed by atoms with Crippen LogP contribution in [0.15, 0.2) is 77.7 Å². The van der Waals surface area contributed by atoms with Crippen molar-refractivity contribution in [1.82, 2.24) is 29.5 Å². The van der Waals surface area contributed by atoms with Gasteiger partial charge in [0.15, 0.2) is 0 Å². The Hall–Kier alpha value is -5.50. The van der Waals surface area contributed by atoms with E-state index in [1.165, 1.54) is 24.7 Å². The number of hydrogen-bond acceptors (Lipinski definition) is 10. The average molecular weight is 828 g/mol. The Morgan fingerprint density at radius 3 is 2.26 bits per heavy atom. The lowest BCUT2D eigenvalue weighted by atomic mass is 9.97. The summed E-state index contributed by atoms with van der Waals surface area (Å²) in [5.41, 5.74) is 4.85. The van der Waals surface area contributed by atoms with Gasteiger partial charge >= 0.3 is 12.1 Å². The number of nitrogens with zero attached hydrogens (tertiary/aromatic N) is 5. The first-order valence-corrected chi connectivity index (χ1v) is 19.7. The van der Waals surface area contributed by atoms with E-state index >= 15 is 0 Å². The van der Waals surface area contributed by atoms with Gasteiger partial charge in [-0.15, -0.1) is 0 Å². The number of amides is 2. The molecule has 7 rings (SSSR count). The van der Waals surface area contributed by atoms with E-state index in [0.717, 1.165) is 11.1 Å². The van der Waals surface area contributed by atoms with Gasteiger partial charge in [-0.2, -0.15) is 0 Å². The van der Waals surface area contributed by atoms with Gasteiger partial charge in [-0.3, -0.25) is 23.7 Å². The van der Waals surface area contributed by atoms with Gasteiger partial charge in [-0.05, 0) is 57.0 Å². The number of aromatic nitrogens is 3. The molecule has 0 radical (unpaired) electrons. The van der Waals surface area contributed by atoms with Crippen molar-refractivity contribution < 1.29 is 28.6 Å². The van der Waals surface area contributed by atoms with Crippen molar-refractivity contribution in [3.05, 3.63) is 105 Å². The molecule has 58 heavy (non-hydrogen) atoms. The molecule has 1 N–H and O–H groups in total. The van der Waals surface area contributed by atoms with Crippen LogP contribution in [0.3, 0.4) is 0 Å². The number of rotatable bonds is 11. The van der Waals surface area contributed by atoms with Crippen LogP contribution >= 0.6 is 23.2 Å². The Labute approximate surface area is 345 Å². The molecule has 2 aliphatic heterocycles. The molecule has 15 heteroatoms. The van der Waals surface area contributed by atoms with Gasteiger partial charge in [-0.25, -0.2) is 14.8 Å². The van der Waals surface area contributed by atoms with E-state index in [2.05, 4.69) is 5.32 Å². The highest BCUT2D eigenvalue weighted by Gasteiger charge is 2.34. The maximum Gasteiger partial charge on any atom is 0.410 e. The number of benzene rings is 2. The van der Waals surface area contributed by atoms with E-state index in [4.69, 9.17) is 47.4 Å². The van der Waals surface area contributed by atoms with E-state index in [1.54, 1.807) is 31.9 Å². The van der Waals surface area contributed by atoms with Crippen LogP contribution in [0, 0.1) is 5.92 Å². The number of ether oxygens (including phenoxy) is 3. The zero-order valence-electron chi connectivity index (χ0n) is 32.9. The van der Waals surface area contributed by atoms with Crippen LogP contribution in [-0.2, 0) is 32.2 Å². The van der Waals surface area contributed by atoms with Crippen LogP contribution in [-0.4, -0.2) is 87.6 Å². The third-order valence-electron chi connectivity index (χ3n) is 10.1. The fraction of sp³-hybridized carbons (Fsp3) is 0.349. The van der Waals surface area contributed by atoms with E-state index in [1.807, 2.05) is 65.6 Å². The summed E-state index contributed by atoms with van der Waals surface area (Å²) >= 11 is 14.3. The molecular formula is C43H44Cl2N6O7. The van der Waals surface area contributed by atoms with Crippen molar-refractivity contribution in [3.8, 4) is 39.4 Å². The average Bonchev–Trinajstić information content (AvgIpc) is 3.59. The Morgan fingerprint density at radius 2 is 1.60 bits per heavy atom. The summed E-state index contributed by atoms with van der Waals surface area (Å²) in [7, 11) is 2.90. The molecule has 0 bridgehead atoms. The Kier molecular flexibility index (Phi) is 11.8. The Balaban J connectivity index is 1.15. The highest BCUT2D eigenvalue weighted by molar-refractivity contribution is 6.39. The van der Waals surface area contributed by atoms with Gasteiger partial charge in [-0.1, -0.05) is 59.6 Å². The predicted octanol–water partition coefficient (Wildman–Crippen LogP) is 7.03. The van der Waals surface area contributed by atoms with Gasteiger partial charge in [0.25, 0.3) is 5.56 Å². The minimum Gasteiger partial charge on any atom is -0.481 e. The van der Waals surface area contributed by atoms with Gasteiger partial charge in [0, 0.05) is 78.7 Å². The number of fused-ring (bicyclic) bond motifs is 1. The highest BCUT2D eigenvalue weighted by Crippen LogP contribution is 2.42.